The predicted molar refractivity (Wildman–Crippen MR) is 84.9 cm³/mol. The molecule has 0 radical (unpaired) electrons. The van der Waals surface area contributed by atoms with Crippen molar-refractivity contribution in [2.45, 2.75) is 77.5 Å². The molecule has 0 rings (SSSR count). The fourth-order valence-electron chi connectivity index (χ4n) is 4.14. The van der Waals surface area contributed by atoms with Crippen LogP contribution in [0.1, 0.15) is 53.4 Å². The van der Waals surface area contributed by atoms with Gasteiger partial charge in [0.15, 0.2) is 0 Å². The smallest absolute Gasteiger partial charge is 0.113 e. The number of hydrogen-bond acceptors (Lipinski definition) is 4. The van der Waals surface area contributed by atoms with E-state index >= 15 is 0 Å². The van der Waals surface area contributed by atoms with E-state index in [1.807, 2.05) is 27.7 Å². The van der Waals surface area contributed by atoms with Crippen LogP contribution in [0, 0.1) is 0 Å². The van der Waals surface area contributed by atoms with E-state index in [1.165, 1.54) is 0 Å². The molecule has 6 heteroatoms. The Morgan fingerprint density at radius 1 is 0.545 bits per heavy atom. The molecule has 5 nitrogen and oxygen atoms in total. The Bertz CT molecular complexity index is 199. The van der Waals surface area contributed by atoms with Gasteiger partial charge in [-0.05, 0) is 25.7 Å². The van der Waals surface area contributed by atoms with Crippen molar-refractivity contribution in [3.63, 3.8) is 0 Å². The lowest BCUT2D eigenvalue weighted by molar-refractivity contribution is -1.02. The molecule has 0 spiro atoms. The lowest BCUT2D eigenvalue weighted by Crippen LogP contribution is -3.00. The van der Waals surface area contributed by atoms with Gasteiger partial charge in [-0.1, -0.05) is 27.7 Å². The van der Waals surface area contributed by atoms with Gasteiger partial charge in [0, 0.05) is 0 Å². The monoisotopic (exact) mass is 341 g/mol. The maximum atomic E-state index is 9.92. The van der Waals surface area contributed by atoms with Gasteiger partial charge in [-0.15, -0.1) is 0 Å². The molecule has 4 N–H and O–H groups in total. The summed E-state index contributed by atoms with van der Waals surface area (Å²) in [4.78, 5) is 0. The predicted octanol–water partition coefficient (Wildman–Crippen LogP) is -2.11. The van der Waals surface area contributed by atoms with Crippen molar-refractivity contribution in [1.29, 1.82) is 0 Å². The first-order chi connectivity index (χ1) is 10.1. The van der Waals surface area contributed by atoms with Crippen LogP contribution in [-0.4, -0.2) is 75.5 Å². The normalized spacial score (nSPS) is 19.6. The highest BCUT2D eigenvalue weighted by Gasteiger charge is 2.51. The molecule has 0 aliphatic heterocycles. The first-order valence-corrected chi connectivity index (χ1v) is 8.39. The molecular formula is C16H36ClNO4. The average Bonchev–Trinajstić information content (AvgIpc) is 2.51. The van der Waals surface area contributed by atoms with Crippen LogP contribution in [0.3, 0.4) is 0 Å². The van der Waals surface area contributed by atoms with Crippen molar-refractivity contribution in [1.82, 2.24) is 0 Å². The highest BCUT2D eigenvalue weighted by Crippen LogP contribution is 2.34. The molecular weight excluding hydrogens is 306 g/mol. The van der Waals surface area contributed by atoms with Crippen LogP contribution in [0.5, 0.6) is 0 Å². The van der Waals surface area contributed by atoms with Crippen molar-refractivity contribution < 1.29 is 37.3 Å². The fraction of sp³-hybridized carbons (Fsp3) is 1.00. The number of rotatable bonds is 12. The number of hydrogen-bond donors (Lipinski definition) is 4. The molecule has 4 atom stereocenters. The van der Waals surface area contributed by atoms with Crippen LogP contribution in [0.2, 0.25) is 0 Å². The van der Waals surface area contributed by atoms with Crippen LogP contribution in [0.15, 0.2) is 0 Å². The second kappa shape index (κ2) is 12.5. The largest absolute Gasteiger partial charge is 1.00 e. The molecule has 0 saturated heterocycles. The second-order valence-electron chi connectivity index (χ2n) is 5.87. The average molecular weight is 342 g/mol. The summed E-state index contributed by atoms with van der Waals surface area (Å²) >= 11 is 0. The van der Waals surface area contributed by atoms with Gasteiger partial charge in [0.25, 0.3) is 0 Å². The summed E-state index contributed by atoms with van der Waals surface area (Å²) in [6, 6.07) is -0.347. The Kier molecular flexibility index (Phi) is 13.8. The third-order valence-corrected chi connectivity index (χ3v) is 5.26. The first kappa shape index (κ1) is 24.3. The van der Waals surface area contributed by atoms with E-state index in [4.69, 9.17) is 0 Å². The number of halogens is 1. The zero-order valence-electron chi connectivity index (χ0n) is 14.6. The molecule has 0 saturated carbocycles. The van der Waals surface area contributed by atoms with Crippen LogP contribution < -0.4 is 12.4 Å². The molecule has 0 amide bonds. The molecule has 0 aromatic heterocycles. The summed E-state index contributed by atoms with van der Waals surface area (Å²) in [6.07, 6.45) is 3.00. The summed E-state index contributed by atoms with van der Waals surface area (Å²) in [6.45, 7) is 8.08. The molecule has 22 heavy (non-hydrogen) atoms. The van der Waals surface area contributed by atoms with E-state index in [0.717, 1.165) is 25.7 Å². The number of aliphatic hydroxyl groups is 4. The van der Waals surface area contributed by atoms with Gasteiger partial charge in [0.2, 0.25) is 0 Å². The first-order valence-electron chi connectivity index (χ1n) is 8.39. The van der Waals surface area contributed by atoms with Gasteiger partial charge in [0.05, 0.1) is 26.4 Å². The van der Waals surface area contributed by atoms with Gasteiger partial charge < -0.3 is 37.3 Å². The standard InChI is InChI=1S/C16H36NO4.ClH/c1-5-13(9-18)17(14(6-2)10-19,15(7-3)11-20)16(8-4)12-21;/h13-16,18-21H,5-12H2,1-4H3;1H/q+1;/p-1. The van der Waals surface area contributed by atoms with E-state index in [0.29, 0.717) is 4.48 Å². The third-order valence-electron chi connectivity index (χ3n) is 5.26. The highest BCUT2D eigenvalue weighted by atomic mass is 35.5. The molecule has 0 aromatic carbocycles. The van der Waals surface area contributed by atoms with E-state index in [2.05, 4.69) is 0 Å². The van der Waals surface area contributed by atoms with Gasteiger partial charge in [-0.2, -0.15) is 0 Å². The lowest BCUT2D eigenvalue weighted by Gasteiger charge is -2.57. The van der Waals surface area contributed by atoms with Crippen LogP contribution in [0.4, 0.5) is 0 Å². The summed E-state index contributed by atoms with van der Waals surface area (Å²) in [5.41, 5.74) is 0. The zero-order valence-corrected chi connectivity index (χ0v) is 15.3. The zero-order chi connectivity index (χ0) is 16.5. The van der Waals surface area contributed by atoms with E-state index < -0.39 is 0 Å². The summed E-state index contributed by atoms with van der Waals surface area (Å²) in [5, 5.41) is 39.7. The van der Waals surface area contributed by atoms with Crippen molar-refractivity contribution in [2.24, 2.45) is 0 Å². The van der Waals surface area contributed by atoms with Crippen LogP contribution >= 0.6 is 0 Å². The minimum atomic E-state index is -0.0868. The maximum Gasteiger partial charge on any atom is 0.113 e. The maximum absolute atomic E-state index is 9.92. The van der Waals surface area contributed by atoms with Crippen molar-refractivity contribution >= 4 is 0 Å². The number of aliphatic hydroxyl groups excluding tert-OH is 4. The van der Waals surface area contributed by atoms with E-state index in [-0.39, 0.29) is 63.0 Å². The Morgan fingerprint density at radius 2 is 0.727 bits per heavy atom. The topological polar surface area (TPSA) is 80.9 Å². The summed E-state index contributed by atoms with van der Waals surface area (Å²) < 4.78 is 0.417. The van der Waals surface area contributed by atoms with Gasteiger partial charge >= 0.3 is 0 Å². The van der Waals surface area contributed by atoms with E-state index in [1.54, 1.807) is 0 Å². The van der Waals surface area contributed by atoms with Crippen LogP contribution in [0.25, 0.3) is 0 Å². The Morgan fingerprint density at radius 3 is 0.818 bits per heavy atom. The molecule has 4 unspecified atom stereocenters. The molecule has 0 heterocycles. The fourth-order valence-corrected chi connectivity index (χ4v) is 4.14. The van der Waals surface area contributed by atoms with Gasteiger partial charge in [-0.25, -0.2) is 0 Å². The molecule has 136 valence electrons. The molecule has 0 aliphatic rings. The van der Waals surface area contributed by atoms with Crippen molar-refractivity contribution in [2.75, 3.05) is 26.4 Å². The van der Waals surface area contributed by atoms with Gasteiger partial charge in [0.1, 0.15) is 24.2 Å². The quantitative estimate of drug-likeness (QED) is 0.306. The summed E-state index contributed by atoms with van der Waals surface area (Å²) in [5.74, 6) is 0. The Balaban J connectivity index is 0. The van der Waals surface area contributed by atoms with E-state index in [9.17, 15) is 20.4 Å². The third kappa shape index (κ3) is 4.56. The Labute approximate surface area is 142 Å². The van der Waals surface area contributed by atoms with Crippen LogP contribution in [-0.2, 0) is 0 Å². The lowest BCUT2D eigenvalue weighted by atomic mass is 9.91. The summed E-state index contributed by atoms with van der Waals surface area (Å²) in [7, 11) is 0. The SMILES string of the molecule is CCC(CO)[N+](C(CC)CO)(C(CC)CO)C(CC)CO.[Cl-]. The number of nitrogens with zero attached hydrogens (tertiary/aromatic N) is 1. The second-order valence-corrected chi connectivity index (χ2v) is 5.87. The molecule has 0 aromatic rings. The Hall–Kier alpha value is 0.0900. The highest BCUT2D eigenvalue weighted by molar-refractivity contribution is 4.76. The van der Waals surface area contributed by atoms with Crippen molar-refractivity contribution in [3.05, 3.63) is 0 Å². The van der Waals surface area contributed by atoms with Crippen molar-refractivity contribution in [3.8, 4) is 0 Å². The number of quaternary nitrogens is 1. The molecule has 0 fully saturated rings. The molecule has 0 aliphatic carbocycles. The minimum absolute atomic E-state index is 0. The van der Waals surface area contributed by atoms with Gasteiger partial charge in [-0.3, -0.25) is 0 Å². The molecule has 0 bridgehead atoms. The minimum Gasteiger partial charge on any atom is -1.00 e.